The standard InChI is InChI=1S/C19H19N3O3S/c1-12-11-16(21-18(23)15-5-4-10-25-15)26-17(12)19(24)20-13-6-8-14(9-7-13)22(2)3/h4-11H,1-3H3,(H,20,24)(H,21,23). The number of anilines is 3. The van der Waals surface area contributed by atoms with E-state index in [0.29, 0.717) is 9.88 Å². The first-order valence-electron chi connectivity index (χ1n) is 7.98. The van der Waals surface area contributed by atoms with Crippen LogP contribution in [0.2, 0.25) is 0 Å². The van der Waals surface area contributed by atoms with Gasteiger partial charge in [0.15, 0.2) is 5.76 Å². The minimum atomic E-state index is -0.345. The molecule has 0 fully saturated rings. The van der Waals surface area contributed by atoms with Crippen LogP contribution in [0.4, 0.5) is 16.4 Å². The number of aryl methyl sites for hydroxylation is 1. The molecule has 0 aliphatic rings. The molecule has 0 aliphatic heterocycles. The summed E-state index contributed by atoms with van der Waals surface area (Å²) >= 11 is 1.23. The fourth-order valence-electron chi connectivity index (χ4n) is 2.38. The molecule has 1 aromatic carbocycles. The number of hydrogen-bond donors (Lipinski definition) is 2. The van der Waals surface area contributed by atoms with Gasteiger partial charge in [0, 0.05) is 25.5 Å². The molecule has 2 N–H and O–H groups in total. The van der Waals surface area contributed by atoms with E-state index in [-0.39, 0.29) is 17.6 Å². The van der Waals surface area contributed by atoms with E-state index in [2.05, 4.69) is 10.6 Å². The van der Waals surface area contributed by atoms with Gasteiger partial charge >= 0.3 is 0 Å². The van der Waals surface area contributed by atoms with Crippen molar-refractivity contribution in [2.24, 2.45) is 0 Å². The third-order valence-electron chi connectivity index (χ3n) is 3.75. The fraction of sp³-hybridized carbons (Fsp3) is 0.158. The van der Waals surface area contributed by atoms with Crippen LogP contribution < -0.4 is 15.5 Å². The molecule has 6 nitrogen and oxygen atoms in total. The summed E-state index contributed by atoms with van der Waals surface area (Å²) in [5, 5.41) is 6.22. The second kappa shape index (κ2) is 7.45. The fourth-order valence-corrected chi connectivity index (χ4v) is 3.34. The molecule has 0 radical (unpaired) electrons. The third-order valence-corrected chi connectivity index (χ3v) is 4.90. The monoisotopic (exact) mass is 369 g/mol. The van der Waals surface area contributed by atoms with Gasteiger partial charge in [-0.25, -0.2) is 0 Å². The third kappa shape index (κ3) is 3.94. The molecule has 0 spiro atoms. The first-order chi connectivity index (χ1) is 12.4. The van der Waals surface area contributed by atoms with E-state index in [1.165, 1.54) is 17.6 Å². The lowest BCUT2D eigenvalue weighted by atomic mass is 10.2. The molecule has 0 saturated carbocycles. The van der Waals surface area contributed by atoms with Gasteiger partial charge in [-0.1, -0.05) is 0 Å². The number of carbonyl (C=O) groups is 2. The van der Waals surface area contributed by atoms with Crippen molar-refractivity contribution in [3.8, 4) is 0 Å². The lowest BCUT2D eigenvalue weighted by Gasteiger charge is -2.13. The Labute approximate surface area is 155 Å². The zero-order valence-electron chi connectivity index (χ0n) is 14.7. The lowest BCUT2D eigenvalue weighted by Crippen LogP contribution is -2.12. The summed E-state index contributed by atoms with van der Waals surface area (Å²) in [6.07, 6.45) is 1.44. The molecule has 2 heterocycles. The number of amides is 2. The van der Waals surface area contributed by atoms with Crippen molar-refractivity contribution in [2.75, 3.05) is 29.6 Å². The molecule has 0 unspecified atom stereocenters. The number of hydrogen-bond acceptors (Lipinski definition) is 5. The predicted molar refractivity (Wildman–Crippen MR) is 104 cm³/mol. The molecule has 0 bridgehead atoms. The molecule has 2 aromatic heterocycles. The van der Waals surface area contributed by atoms with Crippen molar-refractivity contribution < 1.29 is 14.0 Å². The van der Waals surface area contributed by atoms with Gasteiger partial charge in [-0.3, -0.25) is 9.59 Å². The van der Waals surface area contributed by atoms with Crippen LogP contribution in [0.15, 0.2) is 53.1 Å². The highest BCUT2D eigenvalue weighted by molar-refractivity contribution is 7.18. The largest absolute Gasteiger partial charge is 0.459 e. The summed E-state index contributed by atoms with van der Waals surface area (Å²) in [6, 6.07) is 12.6. The maximum absolute atomic E-state index is 12.5. The Balaban J connectivity index is 1.69. The van der Waals surface area contributed by atoms with Crippen LogP contribution in [0.1, 0.15) is 25.8 Å². The number of nitrogens with one attached hydrogen (secondary N) is 2. The van der Waals surface area contributed by atoms with Gasteiger partial charge in [0.1, 0.15) is 0 Å². The summed E-state index contributed by atoms with van der Waals surface area (Å²) in [5.41, 5.74) is 2.57. The van der Waals surface area contributed by atoms with Crippen LogP contribution in [-0.2, 0) is 0 Å². The number of benzene rings is 1. The second-order valence-electron chi connectivity index (χ2n) is 5.95. The minimum Gasteiger partial charge on any atom is -0.459 e. The van der Waals surface area contributed by atoms with E-state index in [1.54, 1.807) is 18.2 Å². The highest BCUT2D eigenvalue weighted by Crippen LogP contribution is 2.28. The van der Waals surface area contributed by atoms with Crippen LogP contribution in [0.25, 0.3) is 0 Å². The Kier molecular flexibility index (Phi) is 5.09. The maximum Gasteiger partial charge on any atom is 0.291 e. The zero-order chi connectivity index (χ0) is 18.7. The van der Waals surface area contributed by atoms with Crippen LogP contribution in [0, 0.1) is 6.92 Å². The van der Waals surface area contributed by atoms with Crippen LogP contribution in [0.3, 0.4) is 0 Å². The first-order valence-corrected chi connectivity index (χ1v) is 8.79. The Hall–Kier alpha value is -3.06. The van der Waals surface area contributed by atoms with Crippen LogP contribution in [0.5, 0.6) is 0 Å². The molecule has 3 aromatic rings. The van der Waals surface area contributed by atoms with E-state index in [0.717, 1.165) is 16.9 Å². The average Bonchev–Trinajstić information content (AvgIpc) is 3.25. The SMILES string of the molecule is Cc1cc(NC(=O)c2ccco2)sc1C(=O)Nc1ccc(N(C)C)cc1. The van der Waals surface area contributed by atoms with Gasteiger partial charge in [-0.05, 0) is 55.0 Å². The van der Waals surface area contributed by atoms with E-state index >= 15 is 0 Å². The van der Waals surface area contributed by atoms with Gasteiger partial charge < -0.3 is 20.0 Å². The molecule has 134 valence electrons. The maximum atomic E-state index is 12.5. The van der Waals surface area contributed by atoms with E-state index in [9.17, 15) is 9.59 Å². The summed E-state index contributed by atoms with van der Waals surface area (Å²) in [5.74, 6) is -0.325. The van der Waals surface area contributed by atoms with Crippen molar-refractivity contribution in [1.82, 2.24) is 0 Å². The Morgan fingerprint density at radius 2 is 1.77 bits per heavy atom. The first kappa shape index (κ1) is 17.8. The topological polar surface area (TPSA) is 74.6 Å². The number of thiophene rings is 1. The molecule has 26 heavy (non-hydrogen) atoms. The molecular weight excluding hydrogens is 350 g/mol. The van der Waals surface area contributed by atoms with Gasteiger partial charge in [0.05, 0.1) is 16.1 Å². The van der Waals surface area contributed by atoms with Crippen molar-refractivity contribution >= 4 is 39.5 Å². The van der Waals surface area contributed by atoms with Crippen LogP contribution >= 0.6 is 11.3 Å². The van der Waals surface area contributed by atoms with E-state index in [1.807, 2.05) is 50.2 Å². The summed E-state index contributed by atoms with van der Waals surface area (Å²) in [4.78, 5) is 27.1. The average molecular weight is 369 g/mol. The Bertz CT molecular complexity index is 912. The number of furan rings is 1. The molecule has 0 atom stereocenters. The highest BCUT2D eigenvalue weighted by atomic mass is 32.1. The summed E-state index contributed by atoms with van der Waals surface area (Å²) in [6.45, 7) is 1.84. The highest BCUT2D eigenvalue weighted by Gasteiger charge is 2.16. The number of rotatable bonds is 5. The minimum absolute atomic E-state index is 0.205. The van der Waals surface area contributed by atoms with Gasteiger partial charge in [-0.2, -0.15) is 0 Å². The molecule has 7 heteroatoms. The van der Waals surface area contributed by atoms with Crippen LogP contribution in [-0.4, -0.2) is 25.9 Å². The predicted octanol–water partition coefficient (Wildman–Crippen LogP) is 4.22. The lowest BCUT2D eigenvalue weighted by molar-refractivity contribution is 0.0995. The summed E-state index contributed by atoms with van der Waals surface area (Å²) in [7, 11) is 3.92. The van der Waals surface area contributed by atoms with Gasteiger partial charge in [0.2, 0.25) is 0 Å². The normalized spacial score (nSPS) is 10.4. The van der Waals surface area contributed by atoms with Crippen molar-refractivity contribution in [3.05, 3.63) is 64.9 Å². The second-order valence-corrected chi connectivity index (χ2v) is 7.00. The zero-order valence-corrected chi connectivity index (χ0v) is 15.5. The number of carbonyl (C=O) groups excluding carboxylic acids is 2. The molecule has 0 aliphatic carbocycles. The quantitative estimate of drug-likeness (QED) is 0.706. The van der Waals surface area contributed by atoms with E-state index < -0.39 is 0 Å². The van der Waals surface area contributed by atoms with Gasteiger partial charge in [-0.15, -0.1) is 11.3 Å². The Morgan fingerprint density at radius 3 is 2.38 bits per heavy atom. The van der Waals surface area contributed by atoms with Gasteiger partial charge in [0.25, 0.3) is 11.8 Å². The molecule has 3 rings (SSSR count). The molecule has 2 amide bonds. The Morgan fingerprint density at radius 1 is 1.04 bits per heavy atom. The van der Waals surface area contributed by atoms with Crippen molar-refractivity contribution in [1.29, 1.82) is 0 Å². The van der Waals surface area contributed by atoms with E-state index in [4.69, 9.17) is 4.42 Å². The van der Waals surface area contributed by atoms with Crippen molar-refractivity contribution in [3.63, 3.8) is 0 Å². The smallest absolute Gasteiger partial charge is 0.291 e. The molecule has 0 saturated heterocycles. The summed E-state index contributed by atoms with van der Waals surface area (Å²) < 4.78 is 5.07. The molecular formula is C19H19N3O3S. The van der Waals surface area contributed by atoms with Crippen molar-refractivity contribution in [2.45, 2.75) is 6.92 Å². The number of nitrogens with zero attached hydrogens (tertiary/aromatic N) is 1.